The van der Waals surface area contributed by atoms with Gasteiger partial charge in [0.2, 0.25) is 11.8 Å². The minimum Gasteiger partial charge on any atom is -0.347 e. The lowest BCUT2D eigenvalue weighted by molar-refractivity contribution is -0.134. The molecule has 1 fully saturated rings. The summed E-state index contributed by atoms with van der Waals surface area (Å²) in [6, 6.07) is -0.632. The normalized spacial score (nSPS) is 22.3. The maximum Gasteiger partial charge on any atom is 0.244 e. The molecule has 1 aliphatic rings. The fourth-order valence-corrected chi connectivity index (χ4v) is 2.43. The summed E-state index contributed by atoms with van der Waals surface area (Å²) in [6.07, 6.45) is 0. The Balaban J connectivity index is 2.40. The van der Waals surface area contributed by atoms with Crippen LogP contribution in [0, 0.1) is 0 Å². The summed E-state index contributed by atoms with van der Waals surface area (Å²) < 4.78 is 0. The molecule has 2 N–H and O–H groups in total. The molecule has 0 spiro atoms. The van der Waals surface area contributed by atoms with E-state index in [1.165, 1.54) is 4.90 Å². The van der Waals surface area contributed by atoms with Crippen LogP contribution in [-0.2, 0) is 9.59 Å². The Kier molecular flexibility index (Phi) is 5.08. The van der Waals surface area contributed by atoms with Crippen molar-refractivity contribution in [2.24, 2.45) is 0 Å². The molecule has 2 amide bonds. The van der Waals surface area contributed by atoms with Crippen LogP contribution in [0.5, 0.6) is 0 Å². The van der Waals surface area contributed by atoms with E-state index >= 15 is 0 Å². The molecule has 6 heteroatoms. The zero-order valence-electron chi connectivity index (χ0n) is 9.95. The Bertz CT molecular complexity index is 265. The van der Waals surface area contributed by atoms with Gasteiger partial charge in [-0.05, 0) is 6.92 Å². The number of hydrogen-bond donors (Lipinski definition) is 2. The molecule has 0 saturated carbocycles. The lowest BCUT2D eigenvalue weighted by atomic mass is 10.2. The van der Waals surface area contributed by atoms with Gasteiger partial charge in [0.15, 0.2) is 0 Å². The van der Waals surface area contributed by atoms with Crippen molar-refractivity contribution in [3.05, 3.63) is 0 Å². The standard InChI is InChI=1S/C10H19N3O2S/c1-7(10(15)13(2)3)12-9(14)8-6-16-5-4-11-8/h7-8,11H,4-6H2,1-3H3,(H,12,14). The van der Waals surface area contributed by atoms with E-state index in [2.05, 4.69) is 10.6 Å². The van der Waals surface area contributed by atoms with Gasteiger partial charge < -0.3 is 15.5 Å². The van der Waals surface area contributed by atoms with E-state index in [-0.39, 0.29) is 17.9 Å². The maximum atomic E-state index is 11.8. The first kappa shape index (κ1) is 13.3. The minimum atomic E-state index is -0.462. The lowest BCUT2D eigenvalue weighted by Gasteiger charge is -2.25. The number of hydrogen-bond acceptors (Lipinski definition) is 4. The van der Waals surface area contributed by atoms with Gasteiger partial charge in [-0.25, -0.2) is 0 Å². The molecular formula is C10H19N3O2S. The summed E-state index contributed by atoms with van der Waals surface area (Å²) in [6.45, 7) is 2.55. The Labute approximate surface area is 100 Å². The number of rotatable bonds is 3. The zero-order valence-corrected chi connectivity index (χ0v) is 10.8. The number of carbonyl (C=O) groups is 2. The third kappa shape index (κ3) is 3.68. The van der Waals surface area contributed by atoms with Crippen LogP contribution in [0.3, 0.4) is 0 Å². The number of nitrogens with zero attached hydrogens (tertiary/aromatic N) is 1. The molecule has 5 nitrogen and oxygen atoms in total. The highest BCUT2D eigenvalue weighted by Crippen LogP contribution is 2.07. The van der Waals surface area contributed by atoms with Gasteiger partial charge in [-0.3, -0.25) is 9.59 Å². The molecule has 92 valence electrons. The number of amides is 2. The molecule has 2 atom stereocenters. The molecule has 0 aliphatic carbocycles. The van der Waals surface area contributed by atoms with Crippen LogP contribution >= 0.6 is 11.8 Å². The van der Waals surface area contributed by atoms with Gasteiger partial charge in [-0.1, -0.05) is 0 Å². The van der Waals surface area contributed by atoms with E-state index in [1.54, 1.807) is 32.8 Å². The van der Waals surface area contributed by atoms with Crippen molar-refractivity contribution >= 4 is 23.6 Å². The third-order valence-electron chi connectivity index (χ3n) is 2.41. The van der Waals surface area contributed by atoms with Gasteiger partial charge in [0.1, 0.15) is 6.04 Å². The average molecular weight is 245 g/mol. The van der Waals surface area contributed by atoms with Crippen LogP contribution in [0.4, 0.5) is 0 Å². The number of likely N-dealkylation sites (N-methyl/N-ethyl adjacent to an activating group) is 1. The van der Waals surface area contributed by atoms with Crippen molar-refractivity contribution in [1.82, 2.24) is 15.5 Å². The van der Waals surface area contributed by atoms with E-state index in [4.69, 9.17) is 0 Å². The molecule has 2 unspecified atom stereocenters. The van der Waals surface area contributed by atoms with Gasteiger partial charge >= 0.3 is 0 Å². The molecule has 16 heavy (non-hydrogen) atoms. The predicted molar refractivity (Wildman–Crippen MR) is 65.4 cm³/mol. The molecular weight excluding hydrogens is 226 g/mol. The summed E-state index contributed by atoms with van der Waals surface area (Å²) in [4.78, 5) is 24.8. The van der Waals surface area contributed by atoms with Gasteiger partial charge in [0, 0.05) is 32.1 Å². The lowest BCUT2D eigenvalue weighted by Crippen LogP contribution is -2.53. The van der Waals surface area contributed by atoms with Crippen molar-refractivity contribution in [2.45, 2.75) is 19.0 Å². The van der Waals surface area contributed by atoms with Crippen molar-refractivity contribution < 1.29 is 9.59 Å². The van der Waals surface area contributed by atoms with E-state index in [1.807, 2.05) is 0 Å². The largest absolute Gasteiger partial charge is 0.347 e. The topological polar surface area (TPSA) is 61.4 Å². The van der Waals surface area contributed by atoms with Crippen molar-refractivity contribution in [1.29, 1.82) is 0 Å². The molecule has 1 rings (SSSR count). The van der Waals surface area contributed by atoms with Crippen LogP contribution in [-0.4, -0.2) is 60.9 Å². The number of carbonyl (C=O) groups excluding carboxylic acids is 2. The van der Waals surface area contributed by atoms with Crippen LogP contribution in [0.15, 0.2) is 0 Å². The second kappa shape index (κ2) is 6.10. The highest BCUT2D eigenvalue weighted by atomic mass is 32.2. The Morgan fingerprint density at radius 3 is 2.69 bits per heavy atom. The van der Waals surface area contributed by atoms with Crippen molar-refractivity contribution in [3.8, 4) is 0 Å². The monoisotopic (exact) mass is 245 g/mol. The Morgan fingerprint density at radius 2 is 2.19 bits per heavy atom. The number of nitrogens with one attached hydrogen (secondary N) is 2. The van der Waals surface area contributed by atoms with Gasteiger partial charge in [-0.15, -0.1) is 0 Å². The predicted octanol–water partition coefficient (Wildman–Crippen LogP) is -0.716. The first-order chi connectivity index (χ1) is 7.52. The van der Waals surface area contributed by atoms with Crippen molar-refractivity contribution in [3.63, 3.8) is 0 Å². The zero-order chi connectivity index (χ0) is 12.1. The van der Waals surface area contributed by atoms with E-state index < -0.39 is 6.04 Å². The van der Waals surface area contributed by atoms with E-state index in [9.17, 15) is 9.59 Å². The first-order valence-corrected chi connectivity index (χ1v) is 6.50. The van der Waals surface area contributed by atoms with E-state index in [0.717, 1.165) is 18.1 Å². The number of thioether (sulfide) groups is 1. The molecule has 0 aromatic heterocycles. The average Bonchev–Trinajstić information content (AvgIpc) is 2.28. The van der Waals surface area contributed by atoms with Gasteiger partial charge in [0.05, 0.1) is 6.04 Å². The second-order valence-electron chi connectivity index (χ2n) is 4.04. The summed E-state index contributed by atoms with van der Waals surface area (Å²) in [7, 11) is 3.36. The summed E-state index contributed by atoms with van der Waals surface area (Å²) >= 11 is 1.75. The Morgan fingerprint density at radius 1 is 1.50 bits per heavy atom. The molecule has 0 bridgehead atoms. The quantitative estimate of drug-likeness (QED) is 0.689. The third-order valence-corrected chi connectivity index (χ3v) is 3.47. The first-order valence-electron chi connectivity index (χ1n) is 5.35. The van der Waals surface area contributed by atoms with Gasteiger partial charge in [0.25, 0.3) is 0 Å². The molecule has 0 radical (unpaired) electrons. The maximum absolute atomic E-state index is 11.8. The SMILES string of the molecule is CC(NC(=O)C1CSCCN1)C(=O)N(C)C. The molecule has 0 aromatic carbocycles. The van der Waals surface area contributed by atoms with Crippen LogP contribution in [0.2, 0.25) is 0 Å². The molecule has 1 heterocycles. The van der Waals surface area contributed by atoms with Crippen LogP contribution in [0.1, 0.15) is 6.92 Å². The second-order valence-corrected chi connectivity index (χ2v) is 5.19. The molecule has 1 aliphatic heterocycles. The van der Waals surface area contributed by atoms with Crippen molar-refractivity contribution in [2.75, 3.05) is 32.1 Å². The fourth-order valence-electron chi connectivity index (χ4n) is 1.50. The van der Waals surface area contributed by atoms with E-state index in [0.29, 0.717) is 0 Å². The highest BCUT2D eigenvalue weighted by Gasteiger charge is 2.24. The smallest absolute Gasteiger partial charge is 0.244 e. The summed E-state index contributed by atoms with van der Waals surface area (Å²) in [5.74, 6) is 1.64. The summed E-state index contributed by atoms with van der Waals surface area (Å²) in [5, 5.41) is 5.86. The summed E-state index contributed by atoms with van der Waals surface area (Å²) in [5.41, 5.74) is 0. The van der Waals surface area contributed by atoms with Crippen LogP contribution < -0.4 is 10.6 Å². The fraction of sp³-hybridized carbons (Fsp3) is 0.800. The van der Waals surface area contributed by atoms with Crippen LogP contribution in [0.25, 0.3) is 0 Å². The van der Waals surface area contributed by atoms with Gasteiger partial charge in [-0.2, -0.15) is 11.8 Å². The molecule has 1 saturated heterocycles. The molecule has 0 aromatic rings. The Hall–Kier alpha value is -0.750. The highest BCUT2D eigenvalue weighted by molar-refractivity contribution is 7.99. The minimum absolute atomic E-state index is 0.0863.